The van der Waals surface area contributed by atoms with E-state index in [1.807, 2.05) is 13.8 Å². The number of anilines is 1. The van der Waals surface area contributed by atoms with E-state index in [1.165, 1.54) is 4.88 Å². The summed E-state index contributed by atoms with van der Waals surface area (Å²) < 4.78 is 1.74. The molecule has 0 saturated carbocycles. The lowest BCUT2D eigenvalue weighted by molar-refractivity contribution is -0.115. The lowest BCUT2D eigenvalue weighted by atomic mass is 10.4. The first-order chi connectivity index (χ1) is 7.49. The van der Waals surface area contributed by atoms with Crippen molar-refractivity contribution in [1.82, 2.24) is 14.6 Å². The summed E-state index contributed by atoms with van der Waals surface area (Å²) in [6, 6.07) is 0. The zero-order valence-electron chi connectivity index (χ0n) is 9.11. The minimum atomic E-state index is -0.253. The molecule has 2 rings (SSSR count). The van der Waals surface area contributed by atoms with Crippen molar-refractivity contribution in [3.05, 3.63) is 10.6 Å². The van der Waals surface area contributed by atoms with Crippen molar-refractivity contribution in [3.8, 4) is 0 Å². The summed E-state index contributed by atoms with van der Waals surface area (Å²) in [6.45, 7) is 5.75. The Kier molecular flexibility index (Phi) is 2.98. The van der Waals surface area contributed by atoms with Crippen molar-refractivity contribution in [3.63, 3.8) is 0 Å². The molecule has 0 aliphatic carbocycles. The Bertz CT molecular complexity index is 545. The fourth-order valence-electron chi connectivity index (χ4n) is 1.20. The van der Waals surface area contributed by atoms with E-state index in [1.54, 1.807) is 22.8 Å². The summed E-state index contributed by atoms with van der Waals surface area (Å²) in [5.41, 5.74) is 1.06. The fraction of sp³-hybridized carbons (Fsp3) is 0.444. The van der Waals surface area contributed by atoms with Crippen LogP contribution in [0.1, 0.15) is 17.5 Å². The lowest BCUT2D eigenvalue weighted by Crippen LogP contribution is -2.20. The van der Waals surface area contributed by atoms with E-state index in [-0.39, 0.29) is 10.7 Å². The second kappa shape index (κ2) is 4.14. The number of alkyl halides is 1. The van der Waals surface area contributed by atoms with Crippen LogP contribution in [0, 0.1) is 13.8 Å². The van der Waals surface area contributed by atoms with Crippen molar-refractivity contribution in [1.29, 1.82) is 0 Å². The number of hydrogen-bond donors (Lipinski definition) is 1. The molecule has 2 aromatic heterocycles. The van der Waals surface area contributed by atoms with E-state index in [2.05, 4.69) is 31.3 Å². The van der Waals surface area contributed by atoms with Crippen LogP contribution in [0.15, 0.2) is 0 Å². The molecule has 16 heavy (non-hydrogen) atoms. The number of aryl methyl sites for hydroxylation is 2. The number of carbonyl (C=O) groups excluding carboxylic acids is 1. The van der Waals surface area contributed by atoms with Gasteiger partial charge in [0, 0.05) is 4.88 Å². The molecular weight excluding hydrogens is 292 g/mol. The average Bonchev–Trinajstić information content (AvgIpc) is 2.68. The molecule has 2 heterocycles. The van der Waals surface area contributed by atoms with Gasteiger partial charge in [0.05, 0.1) is 10.5 Å². The van der Waals surface area contributed by atoms with Crippen LogP contribution in [0.3, 0.4) is 0 Å². The molecule has 5 nitrogen and oxygen atoms in total. The average molecular weight is 303 g/mol. The molecule has 0 saturated heterocycles. The van der Waals surface area contributed by atoms with Gasteiger partial charge in [0.25, 0.3) is 0 Å². The standard InChI is InChI=1S/C9H11BrN4OS/c1-4(10)7(15)11-8-12-9-14(13-8)5(2)6(3)16-9/h4H,1-3H3,(H,11,13,15). The third-order valence-corrected chi connectivity index (χ3v) is 3.71. The van der Waals surface area contributed by atoms with Crippen LogP contribution in [-0.2, 0) is 4.79 Å². The molecule has 0 bridgehead atoms. The highest BCUT2D eigenvalue weighted by Gasteiger charge is 2.14. The van der Waals surface area contributed by atoms with E-state index < -0.39 is 0 Å². The maximum absolute atomic E-state index is 11.4. The van der Waals surface area contributed by atoms with Crippen LogP contribution in [0.25, 0.3) is 4.96 Å². The number of halogens is 1. The van der Waals surface area contributed by atoms with Gasteiger partial charge in [0.2, 0.25) is 16.8 Å². The molecule has 0 aromatic carbocycles. The van der Waals surface area contributed by atoms with Crippen LogP contribution in [0.2, 0.25) is 0 Å². The van der Waals surface area contributed by atoms with Crippen LogP contribution in [0.5, 0.6) is 0 Å². The van der Waals surface area contributed by atoms with Crippen molar-refractivity contribution >= 4 is 44.1 Å². The van der Waals surface area contributed by atoms with Gasteiger partial charge in [-0.05, 0) is 20.8 Å². The summed E-state index contributed by atoms with van der Waals surface area (Å²) in [4.78, 5) is 17.4. The van der Waals surface area contributed by atoms with E-state index in [4.69, 9.17) is 0 Å². The minimum absolute atomic E-state index is 0.146. The largest absolute Gasteiger partial charge is 0.292 e. The summed E-state index contributed by atoms with van der Waals surface area (Å²) in [6.07, 6.45) is 0. The van der Waals surface area contributed by atoms with Gasteiger partial charge >= 0.3 is 0 Å². The van der Waals surface area contributed by atoms with Crippen molar-refractivity contribution in [2.45, 2.75) is 25.6 Å². The molecule has 2 aromatic rings. The molecule has 0 aliphatic heterocycles. The number of amides is 1. The minimum Gasteiger partial charge on any atom is -0.292 e. The Hall–Kier alpha value is -0.950. The van der Waals surface area contributed by atoms with Crippen LogP contribution in [0.4, 0.5) is 5.95 Å². The molecule has 0 radical (unpaired) electrons. The van der Waals surface area contributed by atoms with Crippen molar-refractivity contribution in [2.24, 2.45) is 0 Å². The van der Waals surface area contributed by atoms with Gasteiger partial charge in [0.1, 0.15) is 0 Å². The Balaban J connectivity index is 2.31. The SMILES string of the molecule is Cc1sc2nc(NC(=O)C(C)Br)nn2c1C. The molecule has 86 valence electrons. The van der Waals surface area contributed by atoms with E-state index in [0.717, 1.165) is 10.7 Å². The summed E-state index contributed by atoms with van der Waals surface area (Å²) >= 11 is 4.75. The predicted octanol–water partition coefficient (Wildman–Crippen LogP) is 2.13. The number of rotatable bonds is 2. The Labute approximate surface area is 105 Å². The molecule has 0 spiro atoms. The lowest BCUT2D eigenvalue weighted by Gasteiger charge is -2.00. The highest BCUT2D eigenvalue weighted by atomic mass is 79.9. The molecule has 0 fully saturated rings. The zero-order chi connectivity index (χ0) is 11.9. The normalized spacial score (nSPS) is 13.0. The monoisotopic (exact) mass is 302 g/mol. The third-order valence-electron chi connectivity index (χ3n) is 2.25. The van der Waals surface area contributed by atoms with Crippen LogP contribution >= 0.6 is 27.3 Å². The highest BCUT2D eigenvalue weighted by Crippen LogP contribution is 2.21. The van der Waals surface area contributed by atoms with Gasteiger partial charge in [-0.2, -0.15) is 4.98 Å². The van der Waals surface area contributed by atoms with Crippen LogP contribution in [-0.4, -0.2) is 25.3 Å². The third kappa shape index (κ3) is 1.97. The van der Waals surface area contributed by atoms with E-state index in [9.17, 15) is 4.79 Å². The Morgan fingerprint density at radius 1 is 1.56 bits per heavy atom. The smallest absolute Gasteiger partial charge is 0.250 e. The van der Waals surface area contributed by atoms with Crippen molar-refractivity contribution < 1.29 is 4.79 Å². The van der Waals surface area contributed by atoms with E-state index in [0.29, 0.717) is 5.95 Å². The Morgan fingerprint density at radius 2 is 2.25 bits per heavy atom. The summed E-state index contributed by atoms with van der Waals surface area (Å²) in [5.74, 6) is 0.207. The zero-order valence-corrected chi connectivity index (χ0v) is 11.5. The quantitative estimate of drug-likeness (QED) is 0.865. The van der Waals surface area contributed by atoms with Gasteiger partial charge in [-0.3, -0.25) is 10.1 Å². The highest BCUT2D eigenvalue weighted by molar-refractivity contribution is 9.10. The first-order valence-corrected chi connectivity index (χ1v) is 6.50. The second-order valence-electron chi connectivity index (χ2n) is 3.48. The molecule has 0 aliphatic rings. The Morgan fingerprint density at radius 3 is 2.81 bits per heavy atom. The number of carbonyl (C=O) groups is 1. The van der Waals surface area contributed by atoms with Gasteiger partial charge in [0.15, 0.2) is 0 Å². The first-order valence-electron chi connectivity index (χ1n) is 4.76. The molecule has 1 amide bonds. The molecular formula is C9H11BrN4OS. The maximum Gasteiger partial charge on any atom is 0.250 e. The van der Waals surface area contributed by atoms with Crippen LogP contribution < -0.4 is 5.32 Å². The van der Waals surface area contributed by atoms with Gasteiger partial charge < -0.3 is 0 Å². The number of thiazole rings is 1. The predicted molar refractivity (Wildman–Crippen MR) is 67.4 cm³/mol. The number of aromatic nitrogens is 3. The molecule has 7 heteroatoms. The number of nitrogens with zero attached hydrogens (tertiary/aromatic N) is 3. The van der Waals surface area contributed by atoms with E-state index >= 15 is 0 Å². The second-order valence-corrected chi connectivity index (χ2v) is 6.03. The number of nitrogens with one attached hydrogen (secondary N) is 1. The number of fused-ring (bicyclic) bond motifs is 1. The summed E-state index contributed by atoms with van der Waals surface area (Å²) in [5, 5.41) is 6.86. The summed E-state index contributed by atoms with van der Waals surface area (Å²) in [7, 11) is 0. The number of hydrogen-bond acceptors (Lipinski definition) is 4. The topological polar surface area (TPSA) is 59.3 Å². The van der Waals surface area contributed by atoms with Gasteiger partial charge in [-0.25, -0.2) is 4.52 Å². The van der Waals surface area contributed by atoms with Gasteiger partial charge in [-0.1, -0.05) is 27.3 Å². The maximum atomic E-state index is 11.4. The van der Waals surface area contributed by atoms with Gasteiger partial charge in [-0.15, -0.1) is 5.10 Å². The molecule has 1 N–H and O–H groups in total. The fourth-order valence-corrected chi connectivity index (χ4v) is 2.22. The van der Waals surface area contributed by atoms with Crippen molar-refractivity contribution in [2.75, 3.05) is 5.32 Å². The first kappa shape index (κ1) is 11.5. The molecule has 1 atom stereocenters. The molecule has 1 unspecified atom stereocenters.